The molecule has 3 aromatic carbocycles. The molecule has 1 aromatic heterocycles. The number of halogens is 2. The zero-order valence-corrected chi connectivity index (χ0v) is 18.9. The number of hydrogen-bond donors (Lipinski definition) is 0. The Balaban J connectivity index is 1.57. The van der Waals surface area contributed by atoms with Gasteiger partial charge in [-0.1, -0.05) is 12.1 Å². The number of thiazole rings is 1. The van der Waals surface area contributed by atoms with E-state index in [0.717, 1.165) is 22.4 Å². The van der Waals surface area contributed by atoms with Crippen LogP contribution in [0.3, 0.4) is 0 Å². The minimum Gasteiger partial charge on any atom is -0.493 e. The second kappa shape index (κ2) is 10.2. The molecular weight excluding hydrogens is 444 g/mol. The molecule has 4 aromatic rings. The molecule has 8 heteroatoms. The van der Waals surface area contributed by atoms with Crippen LogP contribution in [0.1, 0.15) is 11.1 Å². The van der Waals surface area contributed by atoms with Crippen molar-refractivity contribution in [3.63, 3.8) is 0 Å². The third-order valence-corrected chi connectivity index (χ3v) is 5.74. The monoisotopic (exact) mass is 465 g/mol. The number of hydrogen-bond acceptors (Lipinski definition) is 5. The lowest BCUT2D eigenvalue weighted by atomic mass is 10.2. The van der Waals surface area contributed by atoms with Gasteiger partial charge in [-0.3, -0.25) is 4.99 Å². The fourth-order valence-electron chi connectivity index (χ4n) is 3.13. The van der Waals surface area contributed by atoms with Crippen LogP contribution in [-0.2, 0) is 6.61 Å². The van der Waals surface area contributed by atoms with Crippen LogP contribution in [0.4, 0.5) is 8.78 Å². The number of rotatable bonds is 7. The number of ether oxygens (including phenoxy) is 2. The van der Waals surface area contributed by atoms with Crippen molar-refractivity contribution >= 4 is 17.6 Å². The number of nitrogens with zero attached hydrogens (tertiary/aromatic N) is 3. The SMILES string of the molecule is CN=c1scc(-c2ccc(F)cc2)n1N=Cc1ccc(OCc2ccc(F)cc2)c(OC)c1. The van der Waals surface area contributed by atoms with Gasteiger partial charge in [0.15, 0.2) is 11.5 Å². The molecule has 168 valence electrons. The van der Waals surface area contributed by atoms with E-state index in [1.807, 2.05) is 17.5 Å². The number of benzene rings is 3. The average Bonchev–Trinajstić information content (AvgIpc) is 3.26. The average molecular weight is 466 g/mol. The topological polar surface area (TPSA) is 48.1 Å². The van der Waals surface area contributed by atoms with E-state index < -0.39 is 0 Å². The highest BCUT2D eigenvalue weighted by molar-refractivity contribution is 7.07. The predicted molar refractivity (Wildman–Crippen MR) is 126 cm³/mol. The molecule has 0 bridgehead atoms. The Morgan fingerprint density at radius 2 is 1.64 bits per heavy atom. The van der Waals surface area contributed by atoms with Gasteiger partial charge in [0.2, 0.25) is 4.80 Å². The highest BCUT2D eigenvalue weighted by atomic mass is 32.1. The van der Waals surface area contributed by atoms with Crippen molar-refractivity contribution in [2.45, 2.75) is 6.61 Å². The molecule has 0 aliphatic carbocycles. The van der Waals surface area contributed by atoms with Crippen molar-refractivity contribution < 1.29 is 18.3 Å². The van der Waals surface area contributed by atoms with Gasteiger partial charge in [-0.2, -0.15) is 5.10 Å². The molecule has 0 unspecified atom stereocenters. The molecule has 0 aliphatic rings. The molecule has 0 N–H and O–H groups in total. The molecule has 4 rings (SSSR count). The van der Waals surface area contributed by atoms with Crippen LogP contribution in [0.5, 0.6) is 11.5 Å². The second-order valence-electron chi connectivity index (χ2n) is 7.02. The van der Waals surface area contributed by atoms with E-state index >= 15 is 0 Å². The van der Waals surface area contributed by atoms with E-state index in [0.29, 0.717) is 16.3 Å². The summed E-state index contributed by atoms with van der Waals surface area (Å²) in [4.78, 5) is 4.98. The van der Waals surface area contributed by atoms with Crippen LogP contribution in [0.15, 0.2) is 82.2 Å². The number of aromatic nitrogens is 1. The van der Waals surface area contributed by atoms with Crippen LogP contribution in [0.2, 0.25) is 0 Å². The summed E-state index contributed by atoms with van der Waals surface area (Å²) in [5.41, 5.74) is 3.29. The molecule has 0 saturated heterocycles. The molecule has 33 heavy (non-hydrogen) atoms. The van der Waals surface area contributed by atoms with E-state index in [-0.39, 0.29) is 18.2 Å². The first kappa shape index (κ1) is 22.4. The molecule has 0 aliphatic heterocycles. The van der Waals surface area contributed by atoms with E-state index in [1.165, 1.54) is 35.6 Å². The van der Waals surface area contributed by atoms with Crippen molar-refractivity contribution in [2.75, 3.05) is 14.2 Å². The lowest BCUT2D eigenvalue weighted by Gasteiger charge is -2.11. The van der Waals surface area contributed by atoms with Crippen LogP contribution < -0.4 is 14.3 Å². The summed E-state index contributed by atoms with van der Waals surface area (Å²) in [5.74, 6) is 0.539. The van der Waals surface area contributed by atoms with Crippen molar-refractivity contribution in [1.29, 1.82) is 0 Å². The summed E-state index contributed by atoms with van der Waals surface area (Å²) in [6, 6.07) is 17.9. The number of methoxy groups -OCH3 is 1. The first-order valence-electron chi connectivity index (χ1n) is 10.1. The predicted octanol–water partition coefficient (Wildman–Crippen LogP) is 5.50. The maximum absolute atomic E-state index is 13.3. The zero-order chi connectivity index (χ0) is 23.2. The summed E-state index contributed by atoms with van der Waals surface area (Å²) >= 11 is 1.45. The Morgan fingerprint density at radius 1 is 0.939 bits per heavy atom. The van der Waals surface area contributed by atoms with E-state index in [4.69, 9.17) is 9.47 Å². The van der Waals surface area contributed by atoms with E-state index in [9.17, 15) is 8.78 Å². The smallest absolute Gasteiger partial charge is 0.205 e. The highest BCUT2D eigenvalue weighted by Crippen LogP contribution is 2.28. The normalized spacial score (nSPS) is 11.8. The first-order valence-corrected chi connectivity index (χ1v) is 10.9. The summed E-state index contributed by atoms with van der Waals surface area (Å²) in [5, 5.41) is 6.53. The molecule has 0 fully saturated rings. The molecule has 0 saturated carbocycles. The summed E-state index contributed by atoms with van der Waals surface area (Å²) in [6.07, 6.45) is 1.70. The third-order valence-electron chi connectivity index (χ3n) is 4.83. The second-order valence-corrected chi connectivity index (χ2v) is 7.85. The van der Waals surface area contributed by atoms with Crippen molar-refractivity contribution in [3.8, 4) is 22.8 Å². The first-order chi connectivity index (χ1) is 16.1. The Labute approximate surface area is 193 Å². The van der Waals surface area contributed by atoms with Crippen molar-refractivity contribution in [3.05, 3.63) is 99.7 Å². The summed E-state index contributed by atoms with van der Waals surface area (Å²) < 4.78 is 39.4. The van der Waals surface area contributed by atoms with Gasteiger partial charge < -0.3 is 9.47 Å². The standard InChI is InChI=1S/C25H21F2N3O2S/c1-28-25-30(22(16-33-25)19-6-10-21(27)11-7-19)29-14-18-5-12-23(24(13-18)31-2)32-15-17-3-8-20(26)9-4-17/h3-14,16H,15H2,1-2H3. The van der Waals surface area contributed by atoms with Gasteiger partial charge in [-0.15, -0.1) is 11.3 Å². The summed E-state index contributed by atoms with van der Waals surface area (Å²) in [7, 11) is 3.26. The zero-order valence-electron chi connectivity index (χ0n) is 18.0. The molecule has 0 radical (unpaired) electrons. The van der Waals surface area contributed by atoms with Gasteiger partial charge in [0, 0.05) is 18.0 Å². The maximum Gasteiger partial charge on any atom is 0.205 e. The van der Waals surface area contributed by atoms with Gasteiger partial charge in [0.25, 0.3) is 0 Å². The lowest BCUT2D eigenvalue weighted by molar-refractivity contribution is 0.284. The third kappa shape index (κ3) is 5.35. The van der Waals surface area contributed by atoms with Crippen LogP contribution in [0, 0.1) is 11.6 Å². The van der Waals surface area contributed by atoms with Crippen LogP contribution in [-0.4, -0.2) is 25.0 Å². The molecule has 0 atom stereocenters. The van der Waals surface area contributed by atoms with Gasteiger partial charge in [-0.25, -0.2) is 13.5 Å². The molecule has 1 heterocycles. The molecule has 5 nitrogen and oxygen atoms in total. The molecular formula is C25H21F2N3O2S. The minimum absolute atomic E-state index is 0.287. The van der Waals surface area contributed by atoms with Crippen molar-refractivity contribution in [2.24, 2.45) is 10.1 Å². The molecule has 0 amide bonds. The maximum atomic E-state index is 13.3. The Bertz CT molecular complexity index is 1330. The fourth-order valence-corrected chi connectivity index (χ4v) is 3.93. The van der Waals surface area contributed by atoms with Crippen LogP contribution >= 0.6 is 11.3 Å². The summed E-state index contributed by atoms with van der Waals surface area (Å²) in [6.45, 7) is 0.289. The Hall–Kier alpha value is -3.78. The van der Waals surface area contributed by atoms with Gasteiger partial charge in [0.05, 0.1) is 19.0 Å². The molecule has 0 spiro atoms. The van der Waals surface area contributed by atoms with E-state index in [2.05, 4.69) is 10.1 Å². The lowest BCUT2D eigenvalue weighted by Crippen LogP contribution is -2.11. The largest absolute Gasteiger partial charge is 0.493 e. The Morgan fingerprint density at radius 3 is 2.30 bits per heavy atom. The van der Waals surface area contributed by atoms with Gasteiger partial charge in [-0.05, 0) is 65.7 Å². The highest BCUT2D eigenvalue weighted by Gasteiger charge is 2.09. The van der Waals surface area contributed by atoms with E-state index in [1.54, 1.807) is 55.4 Å². The fraction of sp³-hybridized carbons (Fsp3) is 0.120. The van der Waals surface area contributed by atoms with Crippen LogP contribution in [0.25, 0.3) is 11.3 Å². The quantitative estimate of drug-likeness (QED) is 0.339. The Kier molecular flexibility index (Phi) is 6.95. The van der Waals surface area contributed by atoms with Gasteiger partial charge >= 0.3 is 0 Å². The van der Waals surface area contributed by atoms with Gasteiger partial charge in [0.1, 0.15) is 18.2 Å². The van der Waals surface area contributed by atoms with Crippen molar-refractivity contribution in [1.82, 2.24) is 4.68 Å². The minimum atomic E-state index is -0.293.